The van der Waals surface area contributed by atoms with Crippen LogP contribution in [-0.2, 0) is 10.2 Å². The van der Waals surface area contributed by atoms with Crippen LogP contribution in [-0.4, -0.2) is 17.6 Å². The molecule has 0 radical (unpaired) electrons. The largest absolute Gasteiger partial charge is 0.481 e. The molecule has 0 amide bonds. The Hall–Kier alpha value is -3.09. The molecule has 2 aromatic carbocycles. The first kappa shape index (κ1) is 35.7. The molecule has 0 aromatic heterocycles. The lowest BCUT2D eigenvalue weighted by Gasteiger charge is -2.53. The summed E-state index contributed by atoms with van der Waals surface area (Å²) in [5.41, 5.74) is 8.95. The van der Waals surface area contributed by atoms with Gasteiger partial charge in [-0.2, -0.15) is 0 Å². The first-order valence-electron chi connectivity index (χ1n) is 19.9. The molecule has 0 heterocycles. The lowest BCUT2D eigenvalue weighted by molar-refractivity contribution is -0.139. The van der Waals surface area contributed by atoms with Gasteiger partial charge in [0.25, 0.3) is 0 Å². The number of carbonyl (C=O) groups is 1. The van der Waals surface area contributed by atoms with E-state index < -0.39 is 5.97 Å². The Morgan fingerprint density at radius 3 is 2.35 bits per heavy atom. The molecule has 3 N–H and O–H groups in total. The summed E-state index contributed by atoms with van der Waals surface area (Å²) >= 11 is 0. The molecule has 0 aliphatic heterocycles. The molecule has 1 unspecified atom stereocenters. The number of hydrogen-bond donors (Lipinski definition) is 2. The van der Waals surface area contributed by atoms with E-state index in [9.17, 15) is 9.90 Å². The van der Waals surface area contributed by atoms with E-state index in [0.29, 0.717) is 24.3 Å². The van der Waals surface area contributed by atoms with E-state index in [0.717, 1.165) is 57.3 Å². The zero-order chi connectivity index (χ0) is 33.9. The third-order valence-corrected chi connectivity index (χ3v) is 13.1. The zero-order valence-corrected chi connectivity index (χ0v) is 29.9. The summed E-state index contributed by atoms with van der Waals surface area (Å²) in [4.78, 5) is 12.7. The molecule has 2 aromatic rings. The fraction of sp³-hybridized carbons (Fsp3) is 0.587. The standard InChI is InChI=1S/C46H61NO2/c47-31-29-42-39-27-28-44(43(42)34-45(48)49)46(40-23-11-4-12-24-40)30-14-13-25-41(46)26-15-22-38(37-20-9-3-10-21-37)32-36(33-39)19-8-2-7-18-35-16-5-1-6-17-35/h2-4,8-12,20-21,23-24,27-28,35-36,38-39,41-44H,1,5-7,13-14,16-19,22,25,29-34,47H2,(H,48,49)/t36-,38-,39-,41+,42-,43+,44?,46-/m0/s1. The number of allylic oxidation sites excluding steroid dienone is 4. The molecule has 2 bridgehead atoms. The number of rotatable bonds is 11. The van der Waals surface area contributed by atoms with Gasteiger partial charge in [-0.15, -0.1) is 5.92 Å². The maximum atomic E-state index is 12.7. The molecular weight excluding hydrogens is 599 g/mol. The first-order chi connectivity index (χ1) is 24.1. The van der Waals surface area contributed by atoms with Gasteiger partial charge >= 0.3 is 5.97 Å². The van der Waals surface area contributed by atoms with Crippen molar-refractivity contribution in [2.45, 2.75) is 120 Å². The van der Waals surface area contributed by atoms with Gasteiger partial charge in [-0.1, -0.05) is 136 Å². The van der Waals surface area contributed by atoms with Crippen LogP contribution in [0, 0.1) is 53.3 Å². The van der Waals surface area contributed by atoms with Crippen LogP contribution in [0.25, 0.3) is 0 Å². The smallest absolute Gasteiger partial charge is 0.303 e. The van der Waals surface area contributed by atoms with E-state index in [-0.39, 0.29) is 35.5 Å². The maximum Gasteiger partial charge on any atom is 0.303 e. The summed E-state index contributed by atoms with van der Waals surface area (Å²) in [6.45, 7) is 0.595. The van der Waals surface area contributed by atoms with Crippen molar-refractivity contribution in [3.63, 3.8) is 0 Å². The topological polar surface area (TPSA) is 63.3 Å². The molecule has 0 spiro atoms. The van der Waals surface area contributed by atoms with Crippen LogP contribution in [0.3, 0.4) is 0 Å². The minimum absolute atomic E-state index is 0.0380. The number of benzene rings is 2. The predicted octanol–water partition coefficient (Wildman–Crippen LogP) is 10.9. The number of hydrogen-bond acceptors (Lipinski definition) is 2. The molecule has 5 aliphatic rings. The van der Waals surface area contributed by atoms with E-state index in [4.69, 9.17) is 5.73 Å². The summed E-state index contributed by atoms with van der Waals surface area (Å²) in [6.07, 6.45) is 29.2. The molecule has 8 atom stereocenters. The first-order valence-corrected chi connectivity index (χ1v) is 19.9. The zero-order valence-electron chi connectivity index (χ0n) is 29.9. The second kappa shape index (κ2) is 17.7. The third kappa shape index (κ3) is 8.80. The third-order valence-electron chi connectivity index (χ3n) is 13.1. The highest BCUT2D eigenvalue weighted by Crippen LogP contribution is 2.57. The second-order valence-corrected chi connectivity index (χ2v) is 16.0. The molecule has 7 rings (SSSR count). The van der Waals surface area contributed by atoms with Crippen molar-refractivity contribution in [1.29, 1.82) is 0 Å². The molecule has 3 heteroatoms. The summed E-state index contributed by atoms with van der Waals surface area (Å²) < 4.78 is 0. The number of aliphatic carboxylic acids is 1. The highest BCUT2D eigenvalue weighted by molar-refractivity contribution is 5.67. The van der Waals surface area contributed by atoms with Gasteiger partial charge < -0.3 is 10.8 Å². The predicted molar refractivity (Wildman–Crippen MR) is 203 cm³/mol. The Balaban J connectivity index is 1.39. The number of fused-ring (bicyclic) bond motifs is 6. The Labute approximate surface area is 297 Å². The Morgan fingerprint density at radius 2 is 1.59 bits per heavy atom. The van der Waals surface area contributed by atoms with Gasteiger partial charge in [0.05, 0.1) is 0 Å². The quantitative estimate of drug-likeness (QED) is 0.186. The highest BCUT2D eigenvalue weighted by atomic mass is 16.4. The number of carboxylic acid groups (broad SMARTS) is 1. The minimum atomic E-state index is -0.682. The summed E-state index contributed by atoms with van der Waals surface area (Å²) in [5, 5.41) is 10.4. The van der Waals surface area contributed by atoms with Gasteiger partial charge in [0.15, 0.2) is 0 Å². The lowest BCUT2D eigenvalue weighted by atomic mass is 9.50. The van der Waals surface area contributed by atoms with Crippen molar-refractivity contribution in [3.8, 4) is 11.8 Å². The minimum Gasteiger partial charge on any atom is -0.481 e. The molecular formula is C46H61NO2. The van der Waals surface area contributed by atoms with Crippen molar-refractivity contribution >= 4 is 5.97 Å². The lowest BCUT2D eigenvalue weighted by Crippen LogP contribution is -2.50. The Kier molecular flexibility index (Phi) is 12.9. The van der Waals surface area contributed by atoms with E-state index in [2.05, 4.69) is 96.8 Å². The van der Waals surface area contributed by atoms with Crippen LogP contribution in [0.1, 0.15) is 126 Å². The molecule has 262 valence electrons. The molecule has 2 saturated carbocycles. The number of nitrogens with two attached hydrogens (primary N) is 1. The van der Waals surface area contributed by atoms with Crippen LogP contribution < -0.4 is 5.73 Å². The van der Waals surface area contributed by atoms with Crippen molar-refractivity contribution in [2.24, 2.45) is 47.2 Å². The van der Waals surface area contributed by atoms with Gasteiger partial charge in [-0.25, -0.2) is 0 Å². The summed E-state index contributed by atoms with van der Waals surface area (Å²) in [7, 11) is 0. The summed E-state index contributed by atoms with van der Waals surface area (Å²) in [5.74, 6) is 9.82. The fourth-order valence-electron chi connectivity index (χ4n) is 10.8. The van der Waals surface area contributed by atoms with Crippen LogP contribution >= 0.6 is 0 Å². The molecule has 0 saturated heterocycles. The SMILES string of the molecule is NCC[C@H]1[C@H]2C=CC([C@@H]1CC(=O)O)[C@]1(c3ccccc3)CCCC[C@@H]1C#CC[C@H](c1ccccc1)C[C@H](CC=CCCC1CCCCC1)C2. The maximum absolute atomic E-state index is 12.7. The Morgan fingerprint density at radius 1 is 0.837 bits per heavy atom. The summed E-state index contributed by atoms with van der Waals surface area (Å²) in [6, 6.07) is 22.2. The molecule has 2 fully saturated rings. The average molecular weight is 660 g/mol. The van der Waals surface area contributed by atoms with E-state index in [1.165, 1.54) is 62.5 Å². The van der Waals surface area contributed by atoms with Gasteiger partial charge in [0.1, 0.15) is 0 Å². The number of carboxylic acids is 1. The van der Waals surface area contributed by atoms with Gasteiger partial charge in [-0.05, 0) is 110 Å². The Bertz CT molecular complexity index is 1430. The monoisotopic (exact) mass is 659 g/mol. The highest BCUT2D eigenvalue weighted by Gasteiger charge is 2.52. The van der Waals surface area contributed by atoms with Crippen molar-refractivity contribution in [1.82, 2.24) is 0 Å². The van der Waals surface area contributed by atoms with Crippen LogP contribution in [0.4, 0.5) is 0 Å². The normalized spacial score (nSPS) is 32.3. The fourth-order valence-corrected chi connectivity index (χ4v) is 10.8. The average Bonchev–Trinajstić information content (AvgIpc) is 3.15. The second-order valence-electron chi connectivity index (χ2n) is 16.0. The van der Waals surface area contributed by atoms with Crippen molar-refractivity contribution < 1.29 is 9.90 Å². The van der Waals surface area contributed by atoms with E-state index >= 15 is 0 Å². The van der Waals surface area contributed by atoms with Gasteiger partial charge in [0.2, 0.25) is 0 Å². The van der Waals surface area contributed by atoms with E-state index in [1.807, 2.05) is 0 Å². The van der Waals surface area contributed by atoms with Gasteiger partial charge in [-0.3, -0.25) is 4.79 Å². The van der Waals surface area contributed by atoms with Crippen LogP contribution in [0.15, 0.2) is 85.0 Å². The molecule has 5 aliphatic carbocycles. The van der Waals surface area contributed by atoms with Crippen LogP contribution in [0.5, 0.6) is 0 Å². The van der Waals surface area contributed by atoms with Crippen molar-refractivity contribution in [2.75, 3.05) is 6.54 Å². The van der Waals surface area contributed by atoms with E-state index in [1.54, 1.807) is 0 Å². The molecule has 3 nitrogen and oxygen atoms in total. The van der Waals surface area contributed by atoms with Crippen molar-refractivity contribution in [3.05, 3.63) is 96.1 Å². The molecule has 49 heavy (non-hydrogen) atoms. The van der Waals surface area contributed by atoms with Gasteiger partial charge in [0, 0.05) is 24.2 Å². The van der Waals surface area contributed by atoms with Crippen LogP contribution in [0.2, 0.25) is 0 Å².